The first-order valence-corrected chi connectivity index (χ1v) is 16.1. The Bertz CT molecular complexity index is 2200. The predicted molar refractivity (Wildman–Crippen MR) is 163 cm³/mol. The van der Waals surface area contributed by atoms with Gasteiger partial charge in [0.2, 0.25) is 10.0 Å². The van der Waals surface area contributed by atoms with Gasteiger partial charge in [0.05, 0.1) is 55.6 Å². The molecular weight excluding hydrogens is 659 g/mol. The van der Waals surface area contributed by atoms with E-state index in [-0.39, 0.29) is 46.0 Å². The average molecular weight is 679 g/mol. The zero-order valence-electron chi connectivity index (χ0n) is 22.7. The van der Waals surface area contributed by atoms with Gasteiger partial charge in [-0.15, -0.1) is 11.3 Å². The van der Waals surface area contributed by atoms with Crippen molar-refractivity contribution in [2.75, 3.05) is 12.9 Å². The van der Waals surface area contributed by atoms with Gasteiger partial charge in [0.1, 0.15) is 24.3 Å². The molecule has 10 nitrogen and oxygen atoms in total. The SMILES string of the molecule is Cc1nc2cc(Cl)c(C(F)F)c(C#N)c2c(=O)n1CCOc1ccc(Cl)cc1-c1ccnc2c(C(=O)NS(C)(=O)=O)csc12. The van der Waals surface area contributed by atoms with Crippen LogP contribution < -0.4 is 15.0 Å². The number of hydrogen-bond donors (Lipinski definition) is 1. The van der Waals surface area contributed by atoms with E-state index in [2.05, 4.69) is 9.97 Å². The number of carbonyl (C=O) groups is 1. The van der Waals surface area contributed by atoms with Crippen molar-refractivity contribution in [1.29, 1.82) is 5.26 Å². The Morgan fingerprint density at radius 3 is 2.66 bits per heavy atom. The number of thiophene rings is 1. The molecule has 0 aliphatic rings. The molecule has 0 fully saturated rings. The first-order valence-electron chi connectivity index (χ1n) is 12.5. The molecule has 44 heavy (non-hydrogen) atoms. The lowest BCUT2D eigenvalue weighted by Crippen LogP contribution is -2.29. The van der Waals surface area contributed by atoms with Gasteiger partial charge in [-0.25, -0.2) is 26.9 Å². The quantitative estimate of drug-likeness (QED) is 0.215. The van der Waals surface area contributed by atoms with Crippen molar-refractivity contribution in [1.82, 2.24) is 19.3 Å². The molecule has 5 rings (SSSR count). The maximum Gasteiger partial charge on any atom is 0.267 e. The van der Waals surface area contributed by atoms with Crippen LogP contribution in [-0.4, -0.2) is 41.7 Å². The van der Waals surface area contributed by atoms with Crippen LogP contribution >= 0.6 is 34.5 Å². The van der Waals surface area contributed by atoms with E-state index in [4.69, 9.17) is 27.9 Å². The van der Waals surface area contributed by atoms with Crippen LogP contribution in [0.15, 0.2) is 46.7 Å². The van der Waals surface area contributed by atoms with Crippen LogP contribution in [0.2, 0.25) is 10.0 Å². The van der Waals surface area contributed by atoms with E-state index in [0.29, 0.717) is 26.6 Å². The van der Waals surface area contributed by atoms with E-state index in [1.54, 1.807) is 37.3 Å². The summed E-state index contributed by atoms with van der Waals surface area (Å²) in [5.74, 6) is -0.207. The average Bonchev–Trinajstić information content (AvgIpc) is 3.38. The Balaban J connectivity index is 1.50. The number of pyridine rings is 1. The lowest BCUT2D eigenvalue weighted by atomic mass is 10.0. The van der Waals surface area contributed by atoms with E-state index in [9.17, 15) is 32.0 Å². The number of amides is 1. The molecule has 0 radical (unpaired) electrons. The molecular formula is C28H19Cl2F2N5O5S2. The molecule has 1 N–H and O–H groups in total. The number of alkyl halides is 2. The second kappa shape index (κ2) is 12.1. The zero-order chi connectivity index (χ0) is 31.9. The third-order valence-electron chi connectivity index (χ3n) is 6.54. The molecule has 0 saturated heterocycles. The van der Waals surface area contributed by atoms with Gasteiger partial charge in [0.15, 0.2) is 0 Å². The van der Waals surface area contributed by atoms with E-state index >= 15 is 0 Å². The number of benzene rings is 2. The summed E-state index contributed by atoms with van der Waals surface area (Å²) in [4.78, 5) is 34.6. The number of nitrogens with one attached hydrogen (secondary N) is 1. The molecule has 0 aliphatic carbocycles. The predicted octanol–water partition coefficient (Wildman–Crippen LogP) is 5.87. The topological polar surface area (TPSA) is 144 Å². The Labute approximate surface area is 262 Å². The van der Waals surface area contributed by atoms with Crippen LogP contribution in [0.1, 0.15) is 33.7 Å². The number of halogens is 4. The molecule has 0 aliphatic heterocycles. The number of rotatable bonds is 8. The number of carbonyl (C=O) groups excluding carboxylic acids is 1. The summed E-state index contributed by atoms with van der Waals surface area (Å²) in [6.45, 7) is 1.44. The highest BCUT2D eigenvalue weighted by atomic mass is 35.5. The number of nitrogens with zero attached hydrogens (tertiary/aromatic N) is 4. The van der Waals surface area contributed by atoms with Gasteiger partial charge in [-0.1, -0.05) is 23.2 Å². The van der Waals surface area contributed by atoms with E-state index in [0.717, 1.165) is 12.3 Å². The van der Waals surface area contributed by atoms with Gasteiger partial charge in [-0.05, 0) is 37.3 Å². The molecule has 0 unspecified atom stereocenters. The Kier molecular flexibility index (Phi) is 8.59. The molecule has 0 saturated carbocycles. The van der Waals surface area contributed by atoms with Gasteiger partial charge in [-0.3, -0.25) is 19.1 Å². The second-order valence-electron chi connectivity index (χ2n) is 9.45. The van der Waals surface area contributed by atoms with Crippen molar-refractivity contribution in [3.05, 3.63) is 84.8 Å². The third-order valence-corrected chi connectivity index (χ3v) is 8.65. The van der Waals surface area contributed by atoms with Gasteiger partial charge < -0.3 is 4.74 Å². The largest absolute Gasteiger partial charge is 0.491 e. The molecule has 3 aromatic heterocycles. The van der Waals surface area contributed by atoms with Crippen molar-refractivity contribution in [3.8, 4) is 22.9 Å². The molecule has 0 atom stereocenters. The fourth-order valence-corrected chi connectivity index (χ4v) is 6.61. The summed E-state index contributed by atoms with van der Waals surface area (Å²) in [6, 6.07) is 9.37. The number of hydrogen-bond acceptors (Lipinski definition) is 9. The van der Waals surface area contributed by atoms with Crippen molar-refractivity contribution in [2.45, 2.75) is 19.9 Å². The summed E-state index contributed by atoms with van der Waals surface area (Å²) < 4.78 is 60.3. The lowest BCUT2D eigenvalue weighted by molar-refractivity contribution is 0.0983. The number of aromatic nitrogens is 3. The van der Waals surface area contributed by atoms with E-state index in [1.165, 1.54) is 27.5 Å². The second-order valence-corrected chi connectivity index (χ2v) is 12.9. The van der Waals surface area contributed by atoms with Crippen molar-refractivity contribution < 1.29 is 26.7 Å². The maximum absolute atomic E-state index is 13.7. The monoisotopic (exact) mass is 677 g/mol. The number of sulfonamides is 1. The molecule has 2 aromatic carbocycles. The van der Waals surface area contributed by atoms with Crippen LogP contribution in [0.4, 0.5) is 8.78 Å². The Morgan fingerprint density at radius 1 is 1.23 bits per heavy atom. The normalized spacial score (nSPS) is 11.7. The van der Waals surface area contributed by atoms with Gasteiger partial charge in [-0.2, -0.15) is 5.26 Å². The van der Waals surface area contributed by atoms with Gasteiger partial charge in [0, 0.05) is 27.7 Å². The van der Waals surface area contributed by atoms with Crippen LogP contribution in [0.3, 0.4) is 0 Å². The lowest BCUT2D eigenvalue weighted by Gasteiger charge is -2.16. The van der Waals surface area contributed by atoms with Crippen LogP contribution in [0, 0.1) is 18.3 Å². The number of nitriles is 1. The number of ether oxygens (including phenoxy) is 1. The minimum atomic E-state index is -3.80. The first-order chi connectivity index (χ1) is 20.8. The first kappa shape index (κ1) is 31.3. The Hall–Kier alpha value is -4.16. The maximum atomic E-state index is 13.7. The van der Waals surface area contributed by atoms with Crippen molar-refractivity contribution in [2.24, 2.45) is 0 Å². The fraction of sp³-hybridized carbons (Fsp3) is 0.179. The summed E-state index contributed by atoms with van der Waals surface area (Å²) in [6.07, 6.45) is -0.741. The molecule has 5 aromatic rings. The van der Waals surface area contributed by atoms with E-state index < -0.39 is 39.0 Å². The highest BCUT2D eigenvalue weighted by Gasteiger charge is 2.24. The minimum absolute atomic E-state index is 0.0258. The van der Waals surface area contributed by atoms with Crippen LogP contribution in [-0.2, 0) is 16.6 Å². The summed E-state index contributed by atoms with van der Waals surface area (Å²) in [5.41, 5.74) is -0.440. The summed E-state index contributed by atoms with van der Waals surface area (Å²) >= 11 is 13.5. The number of fused-ring (bicyclic) bond motifs is 2. The fourth-order valence-electron chi connectivity index (χ4n) is 4.68. The van der Waals surface area contributed by atoms with Crippen molar-refractivity contribution in [3.63, 3.8) is 0 Å². The third kappa shape index (κ3) is 5.96. The number of aryl methyl sites for hydroxylation is 1. The van der Waals surface area contributed by atoms with Gasteiger partial charge in [0.25, 0.3) is 17.9 Å². The molecule has 3 heterocycles. The highest BCUT2D eigenvalue weighted by molar-refractivity contribution is 7.89. The molecule has 1 amide bonds. The standard InChI is InChI=1S/C28H19Cl2F2N5O5S2/c1-13-35-20-10-19(30)22(26(31)32)17(11-33)23(20)28(39)37(13)7-8-42-21-4-3-14(29)9-16(21)15-5-6-34-24-18(12-43-25(15)24)27(38)36-44(2,40)41/h3-6,9-10,12,26H,7-8H2,1-2H3,(H,36,38). The molecule has 0 spiro atoms. The van der Waals surface area contributed by atoms with E-state index in [1.807, 2.05) is 4.72 Å². The van der Waals surface area contributed by atoms with Crippen molar-refractivity contribution >= 4 is 71.6 Å². The minimum Gasteiger partial charge on any atom is -0.491 e. The molecule has 226 valence electrons. The van der Waals surface area contributed by atoms with Gasteiger partial charge >= 0.3 is 0 Å². The highest BCUT2D eigenvalue weighted by Crippen LogP contribution is 2.40. The van der Waals surface area contributed by atoms with Crippen LogP contribution in [0.5, 0.6) is 5.75 Å². The molecule has 0 bridgehead atoms. The zero-order valence-corrected chi connectivity index (χ0v) is 25.8. The smallest absolute Gasteiger partial charge is 0.267 e. The van der Waals surface area contributed by atoms with Crippen LogP contribution in [0.25, 0.3) is 32.2 Å². The summed E-state index contributed by atoms with van der Waals surface area (Å²) in [7, 11) is -3.80. The molecule has 16 heteroatoms. The Morgan fingerprint density at radius 2 is 1.98 bits per heavy atom. The summed E-state index contributed by atoms with van der Waals surface area (Å²) in [5, 5.41) is 10.9.